The van der Waals surface area contributed by atoms with Gasteiger partial charge in [0.25, 0.3) is 0 Å². The van der Waals surface area contributed by atoms with Crippen molar-refractivity contribution in [2.75, 3.05) is 7.11 Å². The standard InChI is InChI=1S/C5H9NO2/c1-3-4-6-5(7)8-2/h3-4H,1-2H3,(H,6,7)/b4-3+. The lowest BCUT2D eigenvalue weighted by Crippen LogP contribution is -2.15. The van der Waals surface area contributed by atoms with E-state index in [0.717, 1.165) is 0 Å². The van der Waals surface area contributed by atoms with Crippen LogP contribution in [0.2, 0.25) is 0 Å². The highest BCUT2D eigenvalue weighted by Crippen LogP contribution is 1.69. The van der Waals surface area contributed by atoms with E-state index >= 15 is 0 Å². The van der Waals surface area contributed by atoms with Crippen LogP contribution in [0.15, 0.2) is 12.3 Å². The van der Waals surface area contributed by atoms with Crippen molar-refractivity contribution in [2.45, 2.75) is 6.92 Å². The second-order valence-electron chi connectivity index (χ2n) is 1.14. The van der Waals surface area contributed by atoms with Crippen LogP contribution in [0.1, 0.15) is 6.92 Å². The number of hydrogen-bond acceptors (Lipinski definition) is 2. The van der Waals surface area contributed by atoms with Crippen LogP contribution in [0.4, 0.5) is 4.79 Å². The molecule has 0 radical (unpaired) electrons. The molecule has 3 nitrogen and oxygen atoms in total. The van der Waals surface area contributed by atoms with Gasteiger partial charge in [0.2, 0.25) is 0 Å². The van der Waals surface area contributed by atoms with Gasteiger partial charge in [0.1, 0.15) is 0 Å². The molecular weight excluding hydrogens is 106 g/mol. The Morgan fingerprint density at radius 2 is 2.38 bits per heavy atom. The van der Waals surface area contributed by atoms with Gasteiger partial charge in [-0.25, -0.2) is 4.79 Å². The summed E-state index contributed by atoms with van der Waals surface area (Å²) in [5.41, 5.74) is 0. The van der Waals surface area contributed by atoms with Crippen molar-refractivity contribution in [2.24, 2.45) is 0 Å². The Morgan fingerprint density at radius 3 is 2.75 bits per heavy atom. The lowest BCUT2D eigenvalue weighted by molar-refractivity contribution is 0.175. The van der Waals surface area contributed by atoms with E-state index < -0.39 is 6.09 Å². The van der Waals surface area contributed by atoms with Gasteiger partial charge >= 0.3 is 6.09 Å². The predicted octanol–water partition coefficient (Wildman–Crippen LogP) is 0.876. The van der Waals surface area contributed by atoms with E-state index in [9.17, 15) is 4.79 Å². The number of hydrogen-bond donors (Lipinski definition) is 1. The van der Waals surface area contributed by atoms with Crippen LogP contribution < -0.4 is 5.32 Å². The minimum Gasteiger partial charge on any atom is -0.453 e. The largest absolute Gasteiger partial charge is 0.453 e. The number of carbonyl (C=O) groups excluding carboxylic acids is 1. The smallest absolute Gasteiger partial charge is 0.410 e. The molecule has 0 aliphatic rings. The first-order chi connectivity index (χ1) is 3.81. The Kier molecular flexibility index (Phi) is 3.66. The first-order valence-electron chi connectivity index (χ1n) is 2.27. The number of ether oxygens (including phenoxy) is 1. The summed E-state index contributed by atoms with van der Waals surface area (Å²) in [6.07, 6.45) is 2.77. The third-order valence-electron chi connectivity index (χ3n) is 0.553. The van der Waals surface area contributed by atoms with E-state index in [2.05, 4.69) is 10.1 Å². The lowest BCUT2D eigenvalue weighted by Gasteiger charge is -1.93. The molecule has 0 spiro atoms. The Hall–Kier alpha value is -0.990. The molecule has 0 aliphatic carbocycles. The molecule has 0 aromatic rings. The molecule has 1 N–H and O–H groups in total. The maximum absolute atomic E-state index is 10.2. The van der Waals surface area contributed by atoms with Gasteiger partial charge < -0.3 is 4.74 Å². The molecule has 0 bridgehead atoms. The van der Waals surface area contributed by atoms with Crippen molar-refractivity contribution >= 4 is 6.09 Å². The van der Waals surface area contributed by atoms with Crippen LogP contribution >= 0.6 is 0 Å². The molecule has 0 aromatic heterocycles. The quantitative estimate of drug-likeness (QED) is 0.550. The van der Waals surface area contributed by atoms with Crippen molar-refractivity contribution < 1.29 is 9.53 Å². The summed E-state index contributed by atoms with van der Waals surface area (Å²) in [5, 5.41) is 2.34. The number of methoxy groups -OCH3 is 1. The molecule has 0 aliphatic heterocycles. The van der Waals surface area contributed by atoms with Crippen LogP contribution in [0.3, 0.4) is 0 Å². The fraction of sp³-hybridized carbons (Fsp3) is 0.400. The molecule has 0 aromatic carbocycles. The fourth-order valence-electron chi connectivity index (χ4n) is 0.210. The van der Waals surface area contributed by atoms with Crippen LogP contribution in [-0.4, -0.2) is 13.2 Å². The summed E-state index contributed by atoms with van der Waals surface area (Å²) in [6, 6.07) is 0. The first kappa shape index (κ1) is 7.01. The normalized spacial score (nSPS) is 9.25. The monoisotopic (exact) mass is 115 g/mol. The maximum Gasteiger partial charge on any atom is 0.410 e. The van der Waals surface area contributed by atoms with Crippen molar-refractivity contribution in [1.82, 2.24) is 5.32 Å². The number of alkyl carbamates (subject to hydrolysis) is 1. The van der Waals surface area contributed by atoms with Crippen molar-refractivity contribution in [3.8, 4) is 0 Å². The summed E-state index contributed by atoms with van der Waals surface area (Å²) in [6.45, 7) is 1.80. The minimum absolute atomic E-state index is 0.442. The molecule has 1 amide bonds. The first-order valence-corrected chi connectivity index (χ1v) is 2.27. The molecule has 0 heterocycles. The zero-order chi connectivity index (χ0) is 6.41. The van der Waals surface area contributed by atoms with E-state index in [4.69, 9.17) is 0 Å². The van der Waals surface area contributed by atoms with E-state index in [1.54, 1.807) is 13.0 Å². The van der Waals surface area contributed by atoms with Gasteiger partial charge in [-0.3, -0.25) is 5.32 Å². The SMILES string of the molecule is C/C=C/NC(=O)OC. The third-order valence-corrected chi connectivity index (χ3v) is 0.553. The summed E-state index contributed by atoms with van der Waals surface area (Å²) in [4.78, 5) is 10.2. The molecule has 0 saturated heterocycles. The van der Waals surface area contributed by atoms with Crippen molar-refractivity contribution in [3.63, 3.8) is 0 Å². The summed E-state index contributed by atoms with van der Waals surface area (Å²) in [5.74, 6) is 0. The highest BCUT2D eigenvalue weighted by molar-refractivity contribution is 5.67. The lowest BCUT2D eigenvalue weighted by atomic mass is 10.7. The number of nitrogens with one attached hydrogen (secondary N) is 1. The number of rotatable bonds is 1. The Balaban J connectivity index is 3.25. The second kappa shape index (κ2) is 4.18. The zero-order valence-corrected chi connectivity index (χ0v) is 4.97. The molecule has 0 fully saturated rings. The summed E-state index contributed by atoms with van der Waals surface area (Å²) in [7, 11) is 1.32. The number of allylic oxidation sites excluding steroid dienone is 1. The maximum atomic E-state index is 10.2. The van der Waals surface area contributed by atoms with Gasteiger partial charge in [0, 0.05) is 6.20 Å². The van der Waals surface area contributed by atoms with Crippen LogP contribution in [0.5, 0.6) is 0 Å². The average molecular weight is 115 g/mol. The van der Waals surface area contributed by atoms with Gasteiger partial charge in [-0.05, 0) is 6.92 Å². The Bertz CT molecular complexity index is 98.6. The van der Waals surface area contributed by atoms with Crippen LogP contribution in [0, 0.1) is 0 Å². The molecule has 8 heavy (non-hydrogen) atoms. The van der Waals surface area contributed by atoms with E-state index in [0.29, 0.717) is 0 Å². The fourth-order valence-corrected chi connectivity index (χ4v) is 0.210. The average Bonchev–Trinajstić information content (AvgIpc) is 1.83. The minimum atomic E-state index is -0.442. The highest BCUT2D eigenvalue weighted by Gasteiger charge is 1.88. The third kappa shape index (κ3) is 3.21. The van der Waals surface area contributed by atoms with Gasteiger partial charge in [0.15, 0.2) is 0 Å². The van der Waals surface area contributed by atoms with Gasteiger partial charge in [-0.2, -0.15) is 0 Å². The van der Waals surface area contributed by atoms with Crippen molar-refractivity contribution in [3.05, 3.63) is 12.3 Å². The van der Waals surface area contributed by atoms with E-state index in [1.165, 1.54) is 13.3 Å². The molecule has 0 rings (SSSR count). The zero-order valence-electron chi connectivity index (χ0n) is 4.97. The van der Waals surface area contributed by atoms with Gasteiger partial charge in [-0.1, -0.05) is 6.08 Å². The summed E-state index contributed by atoms with van der Waals surface area (Å²) >= 11 is 0. The van der Waals surface area contributed by atoms with Crippen LogP contribution in [-0.2, 0) is 4.74 Å². The topological polar surface area (TPSA) is 38.3 Å². The molecule has 0 atom stereocenters. The molecule has 3 heteroatoms. The van der Waals surface area contributed by atoms with Gasteiger partial charge in [-0.15, -0.1) is 0 Å². The number of carbonyl (C=O) groups is 1. The Morgan fingerprint density at radius 1 is 1.75 bits per heavy atom. The molecule has 46 valence electrons. The molecule has 0 unspecified atom stereocenters. The number of amides is 1. The van der Waals surface area contributed by atoms with Crippen LogP contribution in [0.25, 0.3) is 0 Å². The van der Waals surface area contributed by atoms with Gasteiger partial charge in [0.05, 0.1) is 7.11 Å². The van der Waals surface area contributed by atoms with E-state index in [1.807, 2.05) is 0 Å². The summed E-state index contributed by atoms with van der Waals surface area (Å²) < 4.78 is 4.25. The van der Waals surface area contributed by atoms with Crippen molar-refractivity contribution in [1.29, 1.82) is 0 Å². The predicted molar refractivity (Wildman–Crippen MR) is 30.4 cm³/mol. The van der Waals surface area contributed by atoms with E-state index in [-0.39, 0.29) is 0 Å². The second-order valence-corrected chi connectivity index (χ2v) is 1.14. The Labute approximate surface area is 48.3 Å². The molecule has 0 saturated carbocycles. The molecular formula is C5H9NO2. The highest BCUT2D eigenvalue weighted by atomic mass is 16.5.